The van der Waals surface area contributed by atoms with E-state index in [-0.39, 0.29) is 17.3 Å². The molecule has 3 fully saturated rings. The zero-order valence-corrected chi connectivity index (χ0v) is 13.0. The van der Waals surface area contributed by atoms with Gasteiger partial charge in [0.2, 0.25) is 0 Å². The molecule has 0 aromatic heterocycles. The first-order valence-corrected chi connectivity index (χ1v) is 7.81. The maximum Gasteiger partial charge on any atom is 0.0835 e. The number of fused-ring (bicyclic) bond motifs is 3. The van der Waals surface area contributed by atoms with Crippen molar-refractivity contribution in [2.75, 3.05) is 6.61 Å². The summed E-state index contributed by atoms with van der Waals surface area (Å²) in [5.41, 5.74) is -1.06. The Hall–Kier alpha value is -0.160. The van der Waals surface area contributed by atoms with Crippen LogP contribution >= 0.6 is 0 Å². The molecule has 1 heterocycles. The highest BCUT2D eigenvalue weighted by Crippen LogP contribution is 2.64. The van der Waals surface area contributed by atoms with Crippen LogP contribution in [0.1, 0.15) is 47.0 Å². The van der Waals surface area contributed by atoms with Gasteiger partial charge in [-0.15, -0.1) is 0 Å². The smallest absolute Gasteiger partial charge is 0.0835 e. The molecule has 2 aliphatic carbocycles. The molecule has 0 amide bonds. The maximum atomic E-state index is 10.7. The monoisotopic (exact) mass is 284 g/mol. The summed E-state index contributed by atoms with van der Waals surface area (Å²) < 4.78 is 5.84. The van der Waals surface area contributed by atoms with Crippen molar-refractivity contribution in [2.24, 2.45) is 22.7 Å². The number of rotatable bonds is 0. The van der Waals surface area contributed by atoms with Gasteiger partial charge >= 0.3 is 0 Å². The number of aliphatic hydroxyl groups is 3. The summed E-state index contributed by atoms with van der Waals surface area (Å²) in [4.78, 5) is 0. The van der Waals surface area contributed by atoms with Crippen molar-refractivity contribution in [2.45, 2.75) is 70.9 Å². The molecule has 7 atom stereocenters. The van der Waals surface area contributed by atoms with E-state index in [1.165, 1.54) is 0 Å². The second-order valence-electron chi connectivity index (χ2n) is 8.33. The van der Waals surface area contributed by atoms with E-state index < -0.39 is 29.3 Å². The minimum atomic E-state index is -0.552. The van der Waals surface area contributed by atoms with Crippen LogP contribution in [0.25, 0.3) is 0 Å². The Kier molecular flexibility index (Phi) is 3.09. The van der Waals surface area contributed by atoms with Crippen molar-refractivity contribution in [3.05, 3.63) is 0 Å². The summed E-state index contributed by atoms with van der Waals surface area (Å²) in [6, 6.07) is 0. The molecule has 0 spiro atoms. The molecule has 4 nitrogen and oxygen atoms in total. The Morgan fingerprint density at radius 3 is 2.25 bits per heavy atom. The van der Waals surface area contributed by atoms with E-state index in [0.29, 0.717) is 13.0 Å². The van der Waals surface area contributed by atoms with Gasteiger partial charge in [-0.2, -0.15) is 0 Å². The van der Waals surface area contributed by atoms with Crippen LogP contribution in [-0.2, 0) is 4.74 Å². The fraction of sp³-hybridized carbons (Fsp3) is 1.00. The fourth-order valence-corrected chi connectivity index (χ4v) is 6.02. The van der Waals surface area contributed by atoms with Gasteiger partial charge in [0.15, 0.2) is 0 Å². The molecule has 1 saturated heterocycles. The van der Waals surface area contributed by atoms with Crippen molar-refractivity contribution in [1.29, 1.82) is 0 Å². The van der Waals surface area contributed by atoms with Crippen LogP contribution in [0.5, 0.6) is 0 Å². The topological polar surface area (TPSA) is 69.9 Å². The minimum absolute atomic E-state index is 0.00632. The lowest BCUT2D eigenvalue weighted by Gasteiger charge is -2.63. The third-order valence-corrected chi connectivity index (χ3v) is 6.59. The summed E-state index contributed by atoms with van der Waals surface area (Å²) in [5, 5.41) is 31.9. The number of ether oxygens (including phenoxy) is 1. The molecule has 1 unspecified atom stereocenters. The highest BCUT2D eigenvalue weighted by atomic mass is 16.5. The van der Waals surface area contributed by atoms with Crippen LogP contribution in [0.15, 0.2) is 0 Å². The van der Waals surface area contributed by atoms with Crippen molar-refractivity contribution >= 4 is 0 Å². The molecular weight excluding hydrogens is 256 g/mol. The number of hydrogen-bond acceptors (Lipinski definition) is 4. The zero-order valence-electron chi connectivity index (χ0n) is 13.0. The molecule has 3 N–H and O–H groups in total. The summed E-state index contributed by atoms with van der Waals surface area (Å²) in [6.45, 7) is 8.69. The molecule has 0 bridgehead atoms. The van der Waals surface area contributed by atoms with Crippen LogP contribution < -0.4 is 0 Å². The van der Waals surface area contributed by atoms with Gasteiger partial charge in [-0.05, 0) is 31.1 Å². The zero-order chi connectivity index (χ0) is 14.9. The summed E-state index contributed by atoms with van der Waals surface area (Å²) in [7, 11) is 0. The van der Waals surface area contributed by atoms with Crippen LogP contribution in [-0.4, -0.2) is 45.8 Å². The molecular formula is C16H28O4. The highest BCUT2D eigenvalue weighted by molar-refractivity contribution is 5.17. The van der Waals surface area contributed by atoms with E-state index in [0.717, 1.165) is 12.8 Å². The summed E-state index contributed by atoms with van der Waals surface area (Å²) in [6.07, 6.45) is 0.652. The minimum Gasteiger partial charge on any atom is -0.393 e. The van der Waals surface area contributed by atoms with Gasteiger partial charge in [0, 0.05) is 17.8 Å². The van der Waals surface area contributed by atoms with E-state index in [9.17, 15) is 15.3 Å². The van der Waals surface area contributed by atoms with E-state index >= 15 is 0 Å². The first-order chi connectivity index (χ1) is 9.13. The van der Waals surface area contributed by atoms with Crippen molar-refractivity contribution in [3.8, 4) is 0 Å². The van der Waals surface area contributed by atoms with Gasteiger partial charge in [-0.25, -0.2) is 0 Å². The van der Waals surface area contributed by atoms with Gasteiger partial charge in [-0.3, -0.25) is 0 Å². The number of hydrogen-bond donors (Lipinski definition) is 3. The average molecular weight is 284 g/mol. The molecule has 4 heteroatoms. The third-order valence-electron chi connectivity index (χ3n) is 6.59. The SMILES string of the molecule is CC1(C)CC[C@H](O)[C@]2(C)C3[C@H](O)CO[C@]3(C)C[C@H](O)[C@@H]12. The molecule has 0 aromatic rings. The van der Waals surface area contributed by atoms with E-state index in [4.69, 9.17) is 4.74 Å². The molecule has 20 heavy (non-hydrogen) atoms. The van der Waals surface area contributed by atoms with Crippen LogP contribution in [0.3, 0.4) is 0 Å². The van der Waals surface area contributed by atoms with Crippen molar-refractivity contribution in [1.82, 2.24) is 0 Å². The molecule has 1 aliphatic heterocycles. The summed E-state index contributed by atoms with van der Waals surface area (Å²) in [5.74, 6) is -0.119. The fourth-order valence-electron chi connectivity index (χ4n) is 6.02. The lowest BCUT2D eigenvalue weighted by atomic mass is 9.43. The first-order valence-electron chi connectivity index (χ1n) is 7.81. The van der Waals surface area contributed by atoms with Crippen LogP contribution in [0.4, 0.5) is 0 Å². The van der Waals surface area contributed by atoms with Crippen LogP contribution in [0.2, 0.25) is 0 Å². The standard InChI is InChI=1S/C16H28O4/c1-14(2)6-5-11(19)16(4)12(14)9(17)7-15(3)13(16)10(18)8-20-15/h9-13,17-19H,5-8H2,1-4H3/t9-,10+,11-,12-,13?,15+,16-/m0/s1. The Bertz CT molecular complexity index is 405. The normalized spacial score (nSPS) is 58.0. The Labute approximate surface area is 121 Å². The highest BCUT2D eigenvalue weighted by Gasteiger charge is 2.68. The molecule has 2 saturated carbocycles. The molecule has 3 rings (SSSR count). The second kappa shape index (κ2) is 4.19. The quantitative estimate of drug-likeness (QED) is 0.627. The van der Waals surface area contributed by atoms with Gasteiger partial charge in [0.25, 0.3) is 0 Å². The number of aliphatic hydroxyl groups excluding tert-OH is 3. The predicted octanol–water partition coefficient (Wildman–Crippen LogP) is 1.32. The van der Waals surface area contributed by atoms with Gasteiger partial charge < -0.3 is 20.1 Å². The lowest BCUT2D eigenvalue weighted by Crippen LogP contribution is -2.67. The molecule has 0 radical (unpaired) electrons. The van der Waals surface area contributed by atoms with Gasteiger partial charge in [0.1, 0.15) is 0 Å². The largest absolute Gasteiger partial charge is 0.393 e. The predicted molar refractivity (Wildman–Crippen MR) is 75.1 cm³/mol. The molecule has 116 valence electrons. The maximum absolute atomic E-state index is 10.7. The van der Waals surface area contributed by atoms with Crippen molar-refractivity contribution < 1.29 is 20.1 Å². The van der Waals surface area contributed by atoms with Crippen molar-refractivity contribution in [3.63, 3.8) is 0 Å². The Morgan fingerprint density at radius 1 is 0.950 bits per heavy atom. The van der Waals surface area contributed by atoms with E-state index in [2.05, 4.69) is 13.8 Å². The van der Waals surface area contributed by atoms with Crippen LogP contribution in [0, 0.1) is 22.7 Å². The Balaban J connectivity index is 2.12. The summed E-state index contributed by atoms with van der Waals surface area (Å²) >= 11 is 0. The van der Waals surface area contributed by atoms with Gasteiger partial charge in [0.05, 0.1) is 30.5 Å². The molecule has 0 aromatic carbocycles. The average Bonchev–Trinajstić information content (AvgIpc) is 2.60. The Morgan fingerprint density at radius 2 is 1.60 bits per heavy atom. The third kappa shape index (κ3) is 1.68. The van der Waals surface area contributed by atoms with Gasteiger partial charge in [-0.1, -0.05) is 20.8 Å². The van der Waals surface area contributed by atoms with E-state index in [1.807, 2.05) is 13.8 Å². The van der Waals surface area contributed by atoms with E-state index in [1.54, 1.807) is 0 Å². The lowest BCUT2D eigenvalue weighted by molar-refractivity contribution is -0.241. The first kappa shape index (κ1) is 14.8. The molecule has 3 aliphatic rings. The second-order valence-corrected chi connectivity index (χ2v) is 8.33.